The van der Waals surface area contributed by atoms with Crippen LogP contribution in [0.3, 0.4) is 0 Å². The van der Waals surface area contributed by atoms with E-state index in [1.165, 1.54) is 0 Å². The average Bonchev–Trinajstić information content (AvgIpc) is 2.94. The molecule has 0 aromatic heterocycles. The van der Waals surface area contributed by atoms with Gasteiger partial charge in [0.05, 0.1) is 11.4 Å². The lowest BCUT2D eigenvalue weighted by Crippen LogP contribution is -2.25. The molecule has 1 aliphatic heterocycles. The van der Waals surface area contributed by atoms with E-state index in [1.54, 1.807) is 18.2 Å². The summed E-state index contributed by atoms with van der Waals surface area (Å²) in [6.07, 6.45) is 7.56. The van der Waals surface area contributed by atoms with Gasteiger partial charge in [-0.1, -0.05) is 12.8 Å². The molecule has 2 amide bonds. The van der Waals surface area contributed by atoms with E-state index in [0.29, 0.717) is 11.4 Å². The molecule has 1 aliphatic rings. The first-order chi connectivity index (χ1) is 13.8. The van der Waals surface area contributed by atoms with Crippen molar-refractivity contribution in [3.05, 3.63) is 42.5 Å². The first-order valence-electron chi connectivity index (χ1n) is 9.18. The largest absolute Gasteiger partial charge is 0.478 e. The first kappa shape index (κ1) is 21.7. The van der Waals surface area contributed by atoms with Crippen molar-refractivity contribution >= 4 is 40.8 Å². The molecular weight excluding hydrogens is 378 g/mol. The Morgan fingerprint density at radius 3 is 1.90 bits per heavy atom. The van der Waals surface area contributed by atoms with Gasteiger partial charge in [0.1, 0.15) is 0 Å². The maximum atomic E-state index is 12.1. The predicted molar refractivity (Wildman–Crippen MR) is 108 cm³/mol. The molecule has 2 rings (SSSR count). The number of nitrogens with zero attached hydrogens (tertiary/aromatic N) is 1. The highest BCUT2D eigenvalue weighted by atomic mass is 16.4. The highest BCUT2D eigenvalue weighted by molar-refractivity contribution is 6.06. The number of amides is 2. The van der Waals surface area contributed by atoms with Crippen LogP contribution in [0.2, 0.25) is 0 Å². The Labute approximate surface area is 167 Å². The Morgan fingerprint density at radius 1 is 0.793 bits per heavy atom. The molecule has 0 radical (unpaired) electrons. The number of carbonyl (C=O) groups excluding carboxylic acids is 2. The van der Waals surface area contributed by atoms with E-state index in [-0.39, 0.29) is 0 Å². The fourth-order valence-electron chi connectivity index (χ4n) is 2.95. The standard InChI is InChI=1S/C20H23N3O6/c24-17(7-9-19(26)27)21-14-5-6-16(23-11-3-1-2-4-12-23)15(13-14)22-18(25)8-10-20(28)29/h5-10,13H,1-4,11-12H2,(H,21,24)(H,22,25)(H,26,27)(H,28,29). The van der Waals surface area contributed by atoms with Crippen molar-refractivity contribution in [2.75, 3.05) is 28.6 Å². The molecule has 29 heavy (non-hydrogen) atoms. The van der Waals surface area contributed by atoms with Crippen molar-refractivity contribution in [3.63, 3.8) is 0 Å². The lowest BCUT2D eigenvalue weighted by molar-refractivity contribution is -0.132. The molecule has 1 fully saturated rings. The Morgan fingerprint density at radius 2 is 1.34 bits per heavy atom. The van der Waals surface area contributed by atoms with Crippen LogP contribution in [0.25, 0.3) is 0 Å². The summed E-state index contributed by atoms with van der Waals surface area (Å²) >= 11 is 0. The van der Waals surface area contributed by atoms with E-state index in [9.17, 15) is 19.2 Å². The monoisotopic (exact) mass is 401 g/mol. The minimum atomic E-state index is -1.24. The van der Waals surface area contributed by atoms with E-state index >= 15 is 0 Å². The summed E-state index contributed by atoms with van der Waals surface area (Å²) in [6.45, 7) is 1.64. The summed E-state index contributed by atoms with van der Waals surface area (Å²) in [5.41, 5.74) is 1.55. The molecule has 4 N–H and O–H groups in total. The normalized spacial score (nSPS) is 14.6. The molecule has 1 saturated heterocycles. The van der Waals surface area contributed by atoms with Crippen LogP contribution in [0, 0.1) is 0 Å². The number of nitrogens with one attached hydrogen (secondary N) is 2. The molecule has 0 unspecified atom stereocenters. The van der Waals surface area contributed by atoms with Gasteiger partial charge in [0.15, 0.2) is 0 Å². The molecule has 1 aromatic rings. The number of aliphatic carboxylic acids is 2. The number of carboxylic acids is 2. The van der Waals surface area contributed by atoms with Crippen molar-refractivity contribution in [2.45, 2.75) is 25.7 Å². The van der Waals surface area contributed by atoms with Crippen LogP contribution in [0.15, 0.2) is 42.5 Å². The summed E-state index contributed by atoms with van der Waals surface area (Å²) in [7, 11) is 0. The van der Waals surface area contributed by atoms with Gasteiger partial charge < -0.3 is 25.7 Å². The fraction of sp³-hybridized carbons (Fsp3) is 0.300. The predicted octanol–water partition coefficient (Wildman–Crippen LogP) is 2.23. The Bertz CT molecular complexity index is 839. The molecule has 0 aliphatic carbocycles. The maximum absolute atomic E-state index is 12.1. The van der Waals surface area contributed by atoms with Crippen LogP contribution >= 0.6 is 0 Å². The van der Waals surface area contributed by atoms with Crippen molar-refractivity contribution in [2.24, 2.45) is 0 Å². The Kier molecular flexibility index (Phi) is 7.96. The van der Waals surface area contributed by atoms with Gasteiger partial charge in [-0.15, -0.1) is 0 Å². The van der Waals surface area contributed by atoms with E-state index in [4.69, 9.17) is 10.2 Å². The summed E-state index contributed by atoms with van der Waals surface area (Å²) in [5.74, 6) is -3.72. The summed E-state index contributed by atoms with van der Waals surface area (Å²) in [6, 6.07) is 4.98. The number of hydrogen-bond acceptors (Lipinski definition) is 5. The lowest BCUT2D eigenvalue weighted by Gasteiger charge is -2.26. The number of rotatable bonds is 7. The third kappa shape index (κ3) is 7.49. The van der Waals surface area contributed by atoms with Crippen LogP contribution in [0.4, 0.5) is 17.1 Å². The Hall–Kier alpha value is -3.62. The van der Waals surface area contributed by atoms with Crippen LogP contribution in [-0.2, 0) is 19.2 Å². The van der Waals surface area contributed by atoms with Gasteiger partial charge in [-0.2, -0.15) is 0 Å². The quantitative estimate of drug-likeness (QED) is 0.514. The van der Waals surface area contributed by atoms with Crippen LogP contribution in [0.5, 0.6) is 0 Å². The number of anilines is 3. The van der Waals surface area contributed by atoms with E-state index in [2.05, 4.69) is 15.5 Å². The third-order valence-electron chi connectivity index (χ3n) is 4.22. The molecule has 154 valence electrons. The topological polar surface area (TPSA) is 136 Å². The van der Waals surface area contributed by atoms with Crippen LogP contribution < -0.4 is 15.5 Å². The van der Waals surface area contributed by atoms with Gasteiger partial charge in [-0.3, -0.25) is 9.59 Å². The molecular formula is C20H23N3O6. The van der Waals surface area contributed by atoms with E-state index in [0.717, 1.165) is 68.8 Å². The smallest absolute Gasteiger partial charge is 0.328 e. The minimum absolute atomic E-state index is 0.362. The maximum Gasteiger partial charge on any atom is 0.328 e. The first-order valence-corrected chi connectivity index (χ1v) is 9.18. The summed E-state index contributed by atoms with van der Waals surface area (Å²) in [5, 5.41) is 22.5. The molecule has 1 heterocycles. The van der Waals surface area contributed by atoms with Gasteiger partial charge in [0.2, 0.25) is 11.8 Å². The zero-order chi connectivity index (χ0) is 21.2. The highest BCUT2D eigenvalue weighted by Crippen LogP contribution is 2.31. The van der Waals surface area contributed by atoms with Crippen LogP contribution in [0.1, 0.15) is 25.7 Å². The zero-order valence-electron chi connectivity index (χ0n) is 15.8. The minimum Gasteiger partial charge on any atom is -0.478 e. The molecule has 9 heteroatoms. The van der Waals surface area contributed by atoms with Crippen LogP contribution in [-0.4, -0.2) is 47.1 Å². The number of carboxylic acid groups (broad SMARTS) is 2. The molecule has 1 aromatic carbocycles. The summed E-state index contributed by atoms with van der Waals surface area (Å²) in [4.78, 5) is 47.2. The molecule has 0 spiro atoms. The van der Waals surface area contributed by atoms with Gasteiger partial charge in [-0.25, -0.2) is 9.59 Å². The third-order valence-corrected chi connectivity index (χ3v) is 4.22. The van der Waals surface area contributed by atoms with Gasteiger partial charge in [-0.05, 0) is 31.0 Å². The second-order valence-corrected chi connectivity index (χ2v) is 6.45. The Balaban J connectivity index is 2.27. The van der Waals surface area contributed by atoms with Crippen molar-refractivity contribution in [1.29, 1.82) is 0 Å². The molecule has 0 saturated carbocycles. The zero-order valence-corrected chi connectivity index (χ0v) is 15.8. The van der Waals surface area contributed by atoms with E-state index in [1.807, 2.05) is 0 Å². The molecule has 9 nitrogen and oxygen atoms in total. The molecule has 0 atom stereocenters. The van der Waals surface area contributed by atoms with Gasteiger partial charge in [0, 0.05) is 43.1 Å². The number of carbonyl (C=O) groups is 4. The van der Waals surface area contributed by atoms with Crippen molar-refractivity contribution < 1.29 is 29.4 Å². The fourth-order valence-corrected chi connectivity index (χ4v) is 2.95. The van der Waals surface area contributed by atoms with Gasteiger partial charge >= 0.3 is 11.9 Å². The van der Waals surface area contributed by atoms with Crippen molar-refractivity contribution in [1.82, 2.24) is 0 Å². The average molecular weight is 401 g/mol. The van der Waals surface area contributed by atoms with Crippen molar-refractivity contribution in [3.8, 4) is 0 Å². The van der Waals surface area contributed by atoms with E-state index < -0.39 is 23.8 Å². The highest BCUT2D eigenvalue weighted by Gasteiger charge is 2.16. The SMILES string of the molecule is O=C(O)C=CC(=O)Nc1ccc(N2CCCCCC2)c(NC(=O)C=CC(=O)O)c1. The van der Waals surface area contributed by atoms with Gasteiger partial charge in [0.25, 0.3) is 0 Å². The lowest BCUT2D eigenvalue weighted by atomic mass is 10.2. The number of hydrogen-bond donors (Lipinski definition) is 4. The molecule has 0 bridgehead atoms. The number of benzene rings is 1. The summed E-state index contributed by atoms with van der Waals surface area (Å²) < 4.78 is 0. The second-order valence-electron chi connectivity index (χ2n) is 6.45. The second kappa shape index (κ2) is 10.6.